The number of nitrogens with zero attached hydrogens (tertiary/aromatic N) is 1. The quantitative estimate of drug-likeness (QED) is 0.798. The number of carbonyl (C=O) groups is 2. The Labute approximate surface area is 164 Å². The molecule has 0 atom stereocenters. The summed E-state index contributed by atoms with van der Waals surface area (Å²) >= 11 is 0. The molecule has 2 amide bonds. The van der Waals surface area contributed by atoms with Gasteiger partial charge >= 0.3 is 0 Å². The van der Waals surface area contributed by atoms with Gasteiger partial charge in [-0.15, -0.1) is 0 Å². The number of nitrogens with one attached hydrogen (secondary N) is 2. The van der Waals surface area contributed by atoms with Crippen LogP contribution in [-0.4, -0.2) is 37.1 Å². The minimum absolute atomic E-state index is 0.194. The van der Waals surface area contributed by atoms with Crippen molar-refractivity contribution < 1.29 is 19.1 Å². The van der Waals surface area contributed by atoms with Crippen LogP contribution in [0.3, 0.4) is 0 Å². The minimum Gasteiger partial charge on any atom is -0.497 e. The van der Waals surface area contributed by atoms with Gasteiger partial charge in [-0.05, 0) is 31.0 Å². The Bertz CT molecular complexity index is 847. The number of hydrogen-bond acceptors (Lipinski definition) is 5. The maximum atomic E-state index is 12.7. The van der Waals surface area contributed by atoms with Crippen LogP contribution < -0.4 is 20.1 Å². The molecule has 0 unspecified atom stereocenters. The van der Waals surface area contributed by atoms with E-state index in [0.29, 0.717) is 28.3 Å². The molecule has 2 aromatic rings. The first-order chi connectivity index (χ1) is 13.6. The number of aromatic nitrogens is 1. The summed E-state index contributed by atoms with van der Waals surface area (Å²) in [5.41, 5.74) is 1.14. The summed E-state index contributed by atoms with van der Waals surface area (Å²) in [6.45, 7) is 0. The summed E-state index contributed by atoms with van der Waals surface area (Å²) in [6.07, 6.45) is 8.38. The van der Waals surface area contributed by atoms with Crippen LogP contribution in [0.15, 0.2) is 36.7 Å². The second kappa shape index (κ2) is 9.21. The van der Waals surface area contributed by atoms with Gasteiger partial charge in [0.15, 0.2) is 0 Å². The zero-order valence-corrected chi connectivity index (χ0v) is 16.2. The third-order valence-corrected chi connectivity index (χ3v) is 4.86. The Morgan fingerprint density at radius 3 is 2.36 bits per heavy atom. The normalized spacial score (nSPS) is 14.2. The molecular weight excluding hydrogens is 358 g/mol. The van der Waals surface area contributed by atoms with E-state index in [0.717, 1.165) is 25.7 Å². The number of ether oxygens (including phenoxy) is 2. The Hall–Kier alpha value is -3.09. The SMILES string of the molecule is COc1ccc(OC)c(NC(=O)c2cncc(C(=O)NC3CCCCC3)c2)c1. The maximum absolute atomic E-state index is 12.7. The fourth-order valence-electron chi connectivity index (χ4n) is 3.31. The van der Waals surface area contributed by atoms with E-state index < -0.39 is 0 Å². The smallest absolute Gasteiger partial charge is 0.257 e. The second-order valence-electron chi connectivity index (χ2n) is 6.79. The van der Waals surface area contributed by atoms with Gasteiger partial charge < -0.3 is 20.1 Å². The van der Waals surface area contributed by atoms with Crippen LogP contribution >= 0.6 is 0 Å². The first kappa shape index (κ1) is 19.7. The molecule has 1 aromatic heterocycles. The summed E-state index contributed by atoms with van der Waals surface area (Å²) in [4.78, 5) is 29.2. The Balaban J connectivity index is 1.72. The maximum Gasteiger partial charge on any atom is 0.257 e. The number of anilines is 1. The molecule has 0 spiro atoms. The molecule has 7 heteroatoms. The van der Waals surface area contributed by atoms with Gasteiger partial charge in [0.2, 0.25) is 0 Å². The van der Waals surface area contributed by atoms with Gasteiger partial charge in [-0.3, -0.25) is 14.6 Å². The molecule has 0 aliphatic heterocycles. The van der Waals surface area contributed by atoms with Crippen LogP contribution in [-0.2, 0) is 0 Å². The lowest BCUT2D eigenvalue weighted by Crippen LogP contribution is -2.36. The summed E-state index contributed by atoms with van der Waals surface area (Å²) in [6, 6.07) is 6.86. The van der Waals surface area contributed by atoms with Crippen LogP contribution in [0.1, 0.15) is 52.8 Å². The summed E-state index contributed by atoms with van der Waals surface area (Å²) < 4.78 is 10.5. The molecule has 0 radical (unpaired) electrons. The van der Waals surface area contributed by atoms with E-state index in [-0.39, 0.29) is 17.9 Å². The number of carbonyl (C=O) groups excluding carboxylic acids is 2. The van der Waals surface area contributed by atoms with Crippen molar-refractivity contribution in [3.8, 4) is 11.5 Å². The first-order valence-corrected chi connectivity index (χ1v) is 9.40. The zero-order chi connectivity index (χ0) is 19.9. The first-order valence-electron chi connectivity index (χ1n) is 9.40. The number of methoxy groups -OCH3 is 2. The highest BCUT2D eigenvalue weighted by Gasteiger charge is 2.18. The Kier molecular flexibility index (Phi) is 6.47. The predicted octanol–water partition coefficient (Wildman–Crippen LogP) is 3.41. The van der Waals surface area contributed by atoms with Gasteiger partial charge in [-0.2, -0.15) is 0 Å². The molecule has 0 bridgehead atoms. The number of rotatable bonds is 6. The van der Waals surface area contributed by atoms with Crippen LogP contribution in [0.5, 0.6) is 11.5 Å². The van der Waals surface area contributed by atoms with E-state index >= 15 is 0 Å². The molecule has 2 N–H and O–H groups in total. The van der Waals surface area contributed by atoms with Crippen molar-refractivity contribution in [3.63, 3.8) is 0 Å². The fraction of sp³-hybridized carbons (Fsp3) is 0.381. The fourth-order valence-corrected chi connectivity index (χ4v) is 3.31. The van der Waals surface area contributed by atoms with Crippen LogP contribution in [0.25, 0.3) is 0 Å². The largest absolute Gasteiger partial charge is 0.497 e. The standard InChI is InChI=1S/C21H25N3O4/c1-27-17-8-9-19(28-2)18(11-17)24-21(26)15-10-14(12-22-13-15)20(25)23-16-6-4-3-5-7-16/h8-13,16H,3-7H2,1-2H3,(H,23,25)(H,24,26). The average molecular weight is 383 g/mol. The van der Waals surface area contributed by atoms with E-state index in [1.807, 2.05) is 0 Å². The molecule has 3 rings (SSSR count). The zero-order valence-electron chi connectivity index (χ0n) is 16.2. The Morgan fingerprint density at radius 1 is 0.964 bits per heavy atom. The summed E-state index contributed by atoms with van der Waals surface area (Å²) in [5, 5.41) is 5.82. The lowest BCUT2D eigenvalue weighted by atomic mass is 9.95. The third kappa shape index (κ3) is 4.79. The monoisotopic (exact) mass is 383 g/mol. The topological polar surface area (TPSA) is 89.6 Å². The van der Waals surface area contributed by atoms with Crippen molar-refractivity contribution in [2.24, 2.45) is 0 Å². The molecule has 1 aliphatic rings. The number of hydrogen-bond donors (Lipinski definition) is 2. The van der Waals surface area contributed by atoms with Crippen molar-refractivity contribution in [1.82, 2.24) is 10.3 Å². The van der Waals surface area contributed by atoms with Crippen LogP contribution in [0, 0.1) is 0 Å². The van der Waals surface area contributed by atoms with Crippen molar-refractivity contribution in [3.05, 3.63) is 47.8 Å². The van der Waals surface area contributed by atoms with Crippen molar-refractivity contribution in [2.75, 3.05) is 19.5 Å². The second-order valence-corrected chi connectivity index (χ2v) is 6.79. The molecule has 28 heavy (non-hydrogen) atoms. The van der Waals surface area contributed by atoms with Gasteiger partial charge in [-0.1, -0.05) is 19.3 Å². The number of benzene rings is 1. The van der Waals surface area contributed by atoms with Crippen LogP contribution in [0.4, 0.5) is 5.69 Å². The van der Waals surface area contributed by atoms with Crippen molar-refractivity contribution in [1.29, 1.82) is 0 Å². The highest BCUT2D eigenvalue weighted by Crippen LogP contribution is 2.29. The molecule has 148 valence electrons. The van der Waals surface area contributed by atoms with E-state index in [2.05, 4.69) is 15.6 Å². The summed E-state index contributed by atoms with van der Waals surface area (Å²) in [5.74, 6) is 0.516. The minimum atomic E-state index is -0.383. The molecule has 7 nitrogen and oxygen atoms in total. The van der Waals surface area contributed by atoms with Crippen molar-refractivity contribution >= 4 is 17.5 Å². The van der Waals surface area contributed by atoms with Crippen LogP contribution in [0.2, 0.25) is 0 Å². The number of pyridine rings is 1. The molecule has 1 heterocycles. The molecule has 1 saturated carbocycles. The third-order valence-electron chi connectivity index (χ3n) is 4.86. The van der Waals surface area contributed by atoms with Gasteiger partial charge in [-0.25, -0.2) is 0 Å². The number of amides is 2. The molecule has 0 saturated heterocycles. The summed E-state index contributed by atoms with van der Waals surface area (Å²) in [7, 11) is 3.07. The van der Waals surface area contributed by atoms with Crippen molar-refractivity contribution in [2.45, 2.75) is 38.1 Å². The lowest BCUT2D eigenvalue weighted by molar-refractivity contribution is 0.0927. The molecule has 1 fully saturated rings. The van der Waals surface area contributed by atoms with Gasteiger partial charge in [0.25, 0.3) is 11.8 Å². The highest BCUT2D eigenvalue weighted by atomic mass is 16.5. The average Bonchev–Trinajstić information content (AvgIpc) is 2.74. The molecular formula is C21H25N3O4. The van der Waals surface area contributed by atoms with Gasteiger partial charge in [0.05, 0.1) is 31.0 Å². The van der Waals surface area contributed by atoms with E-state index in [1.54, 1.807) is 31.4 Å². The Morgan fingerprint density at radius 2 is 1.68 bits per heavy atom. The predicted molar refractivity (Wildman–Crippen MR) is 106 cm³/mol. The lowest BCUT2D eigenvalue weighted by Gasteiger charge is -2.22. The van der Waals surface area contributed by atoms with Gasteiger partial charge in [0, 0.05) is 24.5 Å². The van der Waals surface area contributed by atoms with Gasteiger partial charge in [0.1, 0.15) is 11.5 Å². The van der Waals surface area contributed by atoms with E-state index in [1.165, 1.54) is 25.9 Å². The molecule has 1 aromatic carbocycles. The van der Waals surface area contributed by atoms with E-state index in [9.17, 15) is 9.59 Å². The van der Waals surface area contributed by atoms with E-state index in [4.69, 9.17) is 9.47 Å². The molecule has 1 aliphatic carbocycles. The highest BCUT2D eigenvalue weighted by molar-refractivity contribution is 6.06.